The summed E-state index contributed by atoms with van der Waals surface area (Å²) in [5, 5.41) is 8.29. The van der Waals surface area contributed by atoms with Gasteiger partial charge in [0.2, 0.25) is 5.91 Å². The maximum Gasteiger partial charge on any atom is 0.221 e. The van der Waals surface area contributed by atoms with E-state index in [0.717, 1.165) is 28.8 Å². The first-order chi connectivity index (χ1) is 9.16. The van der Waals surface area contributed by atoms with Gasteiger partial charge in [-0.1, -0.05) is 18.2 Å². The smallest absolute Gasteiger partial charge is 0.221 e. The van der Waals surface area contributed by atoms with Gasteiger partial charge in [-0.15, -0.1) is 11.3 Å². The topological polar surface area (TPSA) is 41.1 Å². The lowest BCUT2D eigenvalue weighted by atomic mass is 10.1. The van der Waals surface area contributed by atoms with Crippen LogP contribution < -0.4 is 10.6 Å². The van der Waals surface area contributed by atoms with E-state index in [2.05, 4.69) is 31.9 Å². The van der Waals surface area contributed by atoms with Crippen molar-refractivity contribution in [2.24, 2.45) is 0 Å². The van der Waals surface area contributed by atoms with E-state index < -0.39 is 0 Å². The van der Waals surface area contributed by atoms with Crippen LogP contribution in [-0.2, 0) is 17.9 Å². The van der Waals surface area contributed by atoms with E-state index in [1.165, 1.54) is 11.8 Å². The third kappa shape index (κ3) is 4.16. The Kier molecular flexibility index (Phi) is 5.13. The summed E-state index contributed by atoms with van der Waals surface area (Å²) in [6.45, 7) is 3.06. The lowest BCUT2D eigenvalue weighted by Gasteiger charge is -2.10. The first kappa shape index (κ1) is 14.2. The molecule has 1 aromatic heterocycles. The average molecular weight is 339 g/mol. The zero-order valence-corrected chi connectivity index (χ0v) is 13.0. The van der Waals surface area contributed by atoms with Crippen molar-refractivity contribution in [3.8, 4) is 0 Å². The number of carbonyl (C=O) groups excluding carboxylic acids is 1. The zero-order valence-electron chi connectivity index (χ0n) is 10.6. The van der Waals surface area contributed by atoms with Crippen molar-refractivity contribution in [3.05, 3.63) is 50.6 Å². The molecule has 1 aromatic carbocycles. The second-order valence-corrected chi connectivity index (χ2v) is 5.99. The zero-order chi connectivity index (χ0) is 13.7. The third-order valence-corrected chi connectivity index (χ3v) is 4.55. The van der Waals surface area contributed by atoms with Gasteiger partial charge < -0.3 is 10.6 Å². The molecule has 0 aliphatic carbocycles. The van der Waals surface area contributed by atoms with Gasteiger partial charge in [-0.05, 0) is 39.0 Å². The van der Waals surface area contributed by atoms with E-state index in [4.69, 9.17) is 0 Å². The van der Waals surface area contributed by atoms with E-state index >= 15 is 0 Å². The molecule has 3 nitrogen and oxygen atoms in total. The van der Waals surface area contributed by atoms with Crippen molar-refractivity contribution in [2.75, 3.05) is 5.32 Å². The van der Waals surface area contributed by atoms with Gasteiger partial charge in [0.15, 0.2) is 0 Å². The molecular weight excluding hydrogens is 324 g/mol. The molecule has 19 heavy (non-hydrogen) atoms. The van der Waals surface area contributed by atoms with E-state index in [-0.39, 0.29) is 5.91 Å². The maximum absolute atomic E-state index is 11.1. The SMILES string of the molecule is CC(=O)Nc1ccccc1CNCc1sccc1Br. The molecule has 0 unspecified atom stereocenters. The van der Waals surface area contributed by atoms with Crippen LogP contribution in [0.5, 0.6) is 0 Å². The number of benzene rings is 1. The molecule has 5 heteroatoms. The molecule has 0 saturated heterocycles. The number of para-hydroxylation sites is 1. The number of halogens is 1. The van der Waals surface area contributed by atoms with E-state index in [0.29, 0.717) is 0 Å². The number of anilines is 1. The number of amides is 1. The second-order valence-electron chi connectivity index (χ2n) is 4.13. The molecule has 0 radical (unpaired) electrons. The summed E-state index contributed by atoms with van der Waals surface area (Å²) in [4.78, 5) is 12.4. The van der Waals surface area contributed by atoms with E-state index in [1.54, 1.807) is 11.3 Å². The molecule has 0 aliphatic rings. The van der Waals surface area contributed by atoms with E-state index in [9.17, 15) is 4.79 Å². The van der Waals surface area contributed by atoms with Crippen LogP contribution in [0.3, 0.4) is 0 Å². The first-order valence-corrected chi connectivity index (χ1v) is 7.62. The van der Waals surface area contributed by atoms with Gasteiger partial charge in [0.25, 0.3) is 0 Å². The van der Waals surface area contributed by atoms with Gasteiger partial charge in [0.05, 0.1) is 0 Å². The summed E-state index contributed by atoms with van der Waals surface area (Å²) in [6.07, 6.45) is 0. The third-order valence-electron chi connectivity index (χ3n) is 2.62. The molecule has 0 bridgehead atoms. The monoisotopic (exact) mass is 338 g/mol. The van der Waals surface area contributed by atoms with Crippen LogP contribution in [-0.4, -0.2) is 5.91 Å². The highest BCUT2D eigenvalue weighted by atomic mass is 79.9. The first-order valence-electron chi connectivity index (χ1n) is 5.95. The number of nitrogens with one attached hydrogen (secondary N) is 2. The summed E-state index contributed by atoms with van der Waals surface area (Å²) < 4.78 is 1.14. The predicted molar refractivity (Wildman–Crippen MR) is 83.3 cm³/mol. The fourth-order valence-corrected chi connectivity index (χ4v) is 3.21. The molecule has 0 atom stereocenters. The molecule has 100 valence electrons. The van der Waals surface area contributed by atoms with Crippen molar-refractivity contribution >= 4 is 38.9 Å². The highest BCUT2D eigenvalue weighted by Gasteiger charge is 2.04. The van der Waals surface area contributed by atoms with Crippen LogP contribution >= 0.6 is 27.3 Å². The lowest BCUT2D eigenvalue weighted by molar-refractivity contribution is -0.114. The van der Waals surface area contributed by atoms with Gasteiger partial charge in [-0.2, -0.15) is 0 Å². The molecule has 2 aromatic rings. The molecule has 0 saturated carbocycles. The number of thiophene rings is 1. The minimum Gasteiger partial charge on any atom is -0.326 e. The second kappa shape index (κ2) is 6.84. The minimum absolute atomic E-state index is 0.0477. The Bertz CT molecular complexity index is 568. The van der Waals surface area contributed by atoms with Crippen molar-refractivity contribution in [1.82, 2.24) is 5.32 Å². The Hall–Kier alpha value is -1.17. The van der Waals surface area contributed by atoms with Gasteiger partial charge in [-0.25, -0.2) is 0 Å². The summed E-state index contributed by atoms with van der Waals surface area (Å²) in [5.41, 5.74) is 1.96. The minimum atomic E-state index is -0.0477. The Labute approximate surface area is 125 Å². The Morgan fingerprint density at radius 2 is 2.05 bits per heavy atom. The number of carbonyl (C=O) groups is 1. The molecule has 1 heterocycles. The highest BCUT2D eigenvalue weighted by molar-refractivity contribution is 9.10. The molecule has 1 amide bonds. The van der Waals surface area contributed by atoms with Crippen LogP contribution in [0.1, 0.15) is 17.4 Å². The molecule has 2 rings (SSSR count). The van der Waals surface area contributed by atoms with Crippen LogP contribution in [0, 0.1) is 0 Å². The Morgan fingerprint density at radius 1 is 1.26 bits per heavy atom. The molecular formula is C14H15BrN2OS. The van der Waals surface area contributed by atoms with E-state index in [1.807, 2.05) is 30.3 Å². The van der Waals surface area contributed by atoms with Crippen molar-refractivity contribution in [3.63, 3.8) is 0 Å². The Balaban J connectivity index is 1.96. The summed E-state index contributed by atoms with van der Waals surface area (Å²) >= 11 is 5.23. The Morgan fingerprint density at radius 3 is 2.74 bits per heavy atom. The molecule has 0 aliphatic heterocycles. The maximum atomic E-state index is 11.1. The van der Waals surface area contributed by atoms with Gasteiger partial charge in [0, 0.05) is 35.1 Å². The quantitative estimate of drug-likeness (QED) is 0.871. The summed E-state index contributed by atoms with van der Waals surface area (Å²) in [7, 11) is 0. The summed E-state index contributed by atoms with van der Waals surface area (Å²) in [5.74, 6) is -0.0477. The van der Waals surface area contributed by atoms with Crippen molar-refractivity contribution < 1.29 is 4.79 Å². The van der Waals surface area contributed by atoms with Gasteiger partial charge in [0.1, 0.15) is 0 Å². The van der Waals surface area contributed by atoms with Crippen LogP contribution in [0.2, 0.25) is 0 Å². The van der Waals surface area contributed by atoms with Crippen molar-refractivity contribution in [1.29, 1.82) is 0 Å². The largest absolute Gasteiger partial charge is 0.326 e. The number of rotatable bonds is 5. The molecule has 0 spiro atoms. The highest BCUT2D eigenvalue weighted by Crippen LogP contribution is 2.22. The van der Waals surface area contributed by atoms with Gasteiger partial charge in [-0.3, -0.25) is 4.79 Å². The van der Waals surface area contributed by atoms with Gasteiger partial charge >= 0.3 is 0 Å². The molecule has 2 N–H and O–H groups in total. The standard InChI is InChI=1S/C14H15BrN2OS/c1-10(18)17-13-5-3-2-4-11(13)8-16-9-14-12(15)6-7-19-14/h2-7,16H,8-9H2,1H3,(H,17,18). The predicted octanol–water partition coefficient (Wildman–Crippen LogP) is 3.76. The summed E-state index contributed by atoms with van der Waals surface area (Å²) in [6, 6.07) is 9.88. The van der Waals surface area contributed by atoms with Crippen LogP contribution in [0.4, 0.5) is 5.69 Å². The lowest BCUT2D eigenvalue weighted by Crippen LogP contribution is -2.15. The fraction of sp³-hybridized carbons (Fsp3) is 0.214. The number of hydrogen-bond acceptors (Lipinski definition) is 3. The molecule has 0 fully saturated rings. The van der Waals surface area contributed by atoms with Crippen LogP contribution in [0.15, 0.2) is 40.2 Å². The van der Waals surface area contributed by atoms with Crippen LogP contribution in [0.25, 0.3) is 0 Å². The fourth-order valence-electron chi connectivity index (χ4n) is 1.75. The average Bonchev–Trinajstić information content (AvgIpc) is 2.77. The van der Waals surface area contributed by atoms with Crippen molar-refractivity contribution in [2.45, 2.75) is 20.0 Å². The normalized spacial score (nSPS) is 10.4. The number of hydrogen-bond donors (Lipinski definition) is 2.